The fourth-order valence-electron chi connectivity index (χ4n) is 6.52. The van der Waals surface area contributed by atoms with Crippen molar-refractivity contribution in [1.29, 1.82) is 0 Å². The lowest BCUT2D eigenvalue weighted by atomic mass is 9.90. The lowest BCUT2D eigenvalue weighted by molar-refractivity contribution is -0.121. The Labute approximate surface area is 273 Å². The summed E-state index contributed by atoms with van der Waals surface area (Å²) in [6.07, 6.45) is -0.121. The number of carbonyl (C=O) groups excluding carboxylic acids is 1. The number of piperazine rings is 1. The van der Waals surface area contributed by atoms with Crippen LogP contribution in [-0.2, 0) is 26.1 Å². The number of hydrogen-bond donors (Lipinski definition) is 2. The quantitative estimate of drug-likeness (QED) is 0.425. The molecule has 0 aliphatic carbocycles. The van der Waals surface area contributed by atoms with Gasteiger partial charge in [0, 0.05) is 63.4 Å². The SMILES string of the molecule is CO[C@@H](CO)c1nc2c(cc1Cc1ccc(F)cc1)N(C(=O)CN1C[C@@H](C)NC[C@@H]1CN1CCOC[C@H]1C)CC2(C)C.Cl.Cl. The Balaban J connectivity index is 0.00000264. The molecule has 2 saturated heterocycles. The molecule has 1 aromatic carbocycles. The number of aliphatic hydroxyl groups is 1. The molecule has 1 amide bonds. The van der Waals surface area contributed by atoms with E-state index in [0.29, 0.717) is 37.3 Å². The molecule has 2 N–H and O–H groups in total. The van der Waals surface area contributed by atoms with Gasteiger partial charge in [-0.3, -0.25) is 19.6 Å². The number of nitrogens with one attached hydrogen (secondary N) is 1. The maximum atomic E-state index is 14.1. The zero-order valence-electron chi connectivity index (χ0n) is 26.4. The third-order valence-corrected chi connectivity index (χ3v) is 8.98. The maximum Gasteiger partial charge on any atom is 0.241 e. The van der Waals surface area contributed by atoms with E-state index in [2.05, 4.69) is 42.8 Å². The van der Waals surface area contributed by atoms with E-state index in [4.69, 9.17) is 14.5 Å². The molecule has 4 heterocycles. The van der Waals surface area contributed by atoms with Crippen molar-refractivity contribution >= 4 is 36.4 Å². The van der Waals surface area contributed by atoms with Crippen LogP contribution in [0.1, 0.15) is 56.3 Å². The van der Waals surface area contributed by atoms with Gasteiger partial charge >= 0.3 is 0 Å². The third kappa shape index (κ3) is 8.09. The van der Waals surface area contributed by atoms with E-state index >= 15 is 0 Å². The Morgan fingerprint density at radius 2 is 1.95 bits per heavy atom. The summed E-state index contributed by atoms with van der Waals surface area (Å²) in [4.78, 5) is 25.9. The van der Waals surface area contributed by atoms with Crippen LogP contribution in [0, 0.1) is 5.82 Å². The lowest BCUT2D eigenvalue weighted by Crippen LogP contribution is -2.62. The second-order valence-electron chi connectivity index (χ2n) is 12.8. The van der Waals surface area contributed by atoms with Crippen molar-refractivity contribution in [3.63, 3.8) is 0 Å². The summed E-state index contributed by atoms with van der Waals surface area (Å²) in [6.45, 7) is 14.1. The fraction of sp³-hybridized carbons (Fsp3) is 0.625. The molecule has 0 spiro atoms. The second-order valence-corrected chi connectivity index (χ2v) is 12.8. The number of aliphatic hydroxyl groups excluding tert-OH is 1. The first-order valence-electron chi connectivity index (χ1n) is 15.1. The number of methoxy groups -OCH3 is 1. The van der Waals surface area contributed by atoms with Crippen LogP contribution in [0.2, 0.25) is 0 Å². The summed E-state index contributed by atoms with van der Waals surface area (Å²) in [5.41, 5.74) is 3.68. The molecule has 0 radical (unpaired) electrons. The zero-order valence-corrected chi connectivity index (χ0v) is 28.1. The van der Waals surface area contributed by atoms with E-state index in [0.717, 1.165) is 61.9 Å². The van der Waals surface area contributed by atoms with Gasteiger partial charge in [-0.1, -0.05) is 26.0 Å². The molecular weight excluding hydrogens is 608 g/mol. The molecule has 0 saturated carbocycles. The van der Waals surface area contributed by atoms with Gasteiger partial charge in [-0.15, -0.1) is 24.8 Å². The van der Waals surface area contributed by atoms with Crippen molar-refractivity contribution < 1.29 is 23.8 Å². The number of nitrogens with zero attached hydrogens (tertiary/aromatic N) is 4. The van der Waals surface area contributed by atoms with Crippen LogP contribution in [-0.4, -0.2) is 110 Å². The summed E-state index contributed by atoms with van der Waals surface area (Å²) < 4.78 is 24.9. The maximum absolute atomic E-state index is 14.1. The number of aromatic nitrogens is 1. The van der Waals surface area contributed by atoms with Gasteiger partial charge in [0.2, 0.25) is 5.91 Å². The van der Waals surface area contributed by atoms with Gasteiger partial charge in [-0.25, -0.2) is 4.39 Å². The summed E-state index contributed by atoms with van der Waals surface area (Å²) in [5, 5.41) is 13.7. The highest BCUT2D eigenvalue weighted by Crippen LogP contribution is 2.42. The number of hydrogen-bond acceptors (Lipinski definition) is 8. The molecule has 3 aliphatic heterocycles. The van der Waals surface area contributed by atoms with E-state index in [1.807, 2.05) is 11.0 Å². The topological polar surface area (TPSA) is 90.4 Å². The Morgan fingerprint density at radius 1 is 1.23 bits per heavy atom. The number of fused-ring (bicyclic) bond motifs is 1. The number of rotatable bonds is 9. The summed E-state index contributed by atoms with van der Waals surface area (Å²) >= 11 is 0. The van der Waals surface area contributed by atoms with Crippen molar-refractivity contribution in [3.05, 3.63) is 58.7 Å². The van der Waals surface area contributed by atoms with Crippen LogP contribution in [0.15, 0.2) is 30.3 Å². The molecular formula is C32H48Cl2FN5O4. The zero-order chi connectivity index (χ0) is 30.0. The molecule has 246 valence electrons. The highest BCUT2D eigenvalue weighted by molar-refractivity contribution is 5.97. The molecule has 44 heavy (non-hydrogen) atoms. The average Bonchev–Trinajstić information content (AvgIpc) is 3.23. The number of carbonyl (C=O) groups is 1. The Hall–Kier alpha value is -1.89. The first-order valence-corrected chi connectivity index (χ1v) is 15.1. The van der Waals surface area contributed by atoms with E-state index in [9.17, 15) is 14.3 Å². The van der Waals surface area contributed by atoms with Crippen LogP contribution in [0.25, 0.3) is 0 Å². The number of benzene rings is 1. The van der Waals surface area contributed by atoms with E-state index in [1.165, 1.54) is 12.1 Å². The molecule has 0 bridgehead atoms. The standard InChI is InChI=1S/C32H46FN5O4.2ClH/c1-21-15-37(26(14-34-21)16-36-10-11-42-19-22(36)2)17-29(40)38-20-32(3,4)31-27(38)13-24(30(35-31)28(18-39)41-5)12-23-6-8-25(33)9-7-23;;/h6-9,13,21-22,26,28,34,39H,10-12,14-20H2,1-5H3;2*1H/t21-,22-,26-,28+;;/m1../s1. The van der Waals surface area contributed by atoms with Gasteiger partial charge in [0.1, 0.15) is 11.9 Å². The molecule has 12 heteroatoms. The molecule has 2 aromatic rings. The summed E-state index contributed by atoms with van der Waals surface area (Å²) in [7, 11) is 1.56. The number of pyridine rings is 1. The van der Waals surface area contributed by atoms with Crippen LogP contribution >= 0.6 is 24.8 Å². The van der Waals surface area contributed by atoms with Crippen molar-refractivity contribution in [2.24, 2.45) is 0 Å². The number of morpholine rings is 1. The second kappa shape index (κ2) is 15.6. The van der Waals surface area contributed by atoms with Gasteiger partial charge in [0.05, 0.1) is 43.4 Å². The van der Waals surface area contributed by atoms with Crippen molar-refractivity contribution in [2.45, 2.75) is 63.8 Å². The molecule has 1 aromatic heterocycles. The number of amides is 1. The van der Waals surface area contributed by atoms with Crippen molar-refractivity contribution in [2.75, 3.05) is 71.1 Å². The van der Waals surface area contributed by atoms with Gasteiger partial charge in [0.25, 0.3) is 0 Å². The van der Waals surface area contributed by atoms with Crippen LogP contribution < -0.4 is 10.2 Å². The molecule has 4 atom stereocenters. The summed E-state index contributed by atoms with van der Waals surface area (Å²) in [6, 6.07) is 9.30. The van der Waals surface area contributed by atoms with E-state index in [1.54, 1.807) is 19.2 Å². The minimum absolute atomic E-state index is 0. The number of halogens is 3. The van der Waals surface area contributed by atoms with Gasteiger partial charge < -0.3 is 24.8 Å². The van der Waals surface area contributed by atoms with E-state index < -0.39 is 6.10 Å². The molecule has 2 fully saturated rings. The highest BCUT2D eigenvalue weighted by atomic mass is 35.5. The Morgan fingerprint density at radius 3 is 2.61 bits per heavy atom. The van der Waals surface area contributed by atoms with E-state index in [-0.39, 0.29) is 54.6 Å². The number of ether oxygens (including phenoxy) is 2. The molecule has 9 nitrogen and oxygen atoms in total. The van der Waals surface area contributed by atoms with Crippen molar-refractivity contribution in [1.82, 2.24) is 20.1 Å². The van der Waals surface area contributed by atoms with Crippen molar-refractivity contribution in [3.8, 4) is 0 Å². The molecule has 5 rings (SSSR count). The Kier molecular flexibility index (Phi) is 13.0. The predicted octanol–water partition coefficient (Wildman–Crippen LogP) is 3.34. The van der Waals surface area contributed by atoms with Crippen LogP contribution in [0.4, 0.5) is 10.1 Å². The third-order valence-electron chi connectivity index (χ3n) is 8.98. The predicted molar refractivity (Wildman–Crippen MR) is 175 cm³/mol. The first-order chi connectivity index (χ1) is 20.1. The van der Waals surface area contributed by atoms with Gasteiger partial charge in [-0.05, 0) is 49.6 Å². The first kappa shape index (κ1) is 36.6. The molecule has 3 aliphatic rings. The van der Waals surface area contributed by atoms with Gasteiger partial charge in [-0.2, -0.15) is 0 Å². The lowest BCUT2D eigenvalue weighted by Gasteiger charge is -2.43. The smallest absolute Gasteiger partial charge is 0.241 e. The molecule has 0 unspecified atom stereocenters. The highest BCUT2D eigenvalue weighted by Gasteiger charge is 2.42. The van der Waals surface area contributed by atoms with Gasteiger partial charge in [0.15, 0.2) is 0 Å². The largest absolute Gasteiger partial charge is 0.393 e. The Bertz CT molecular complexity index is 1250. The fourth-order valence-corrected chi connectivity index (χ4v) is 6.52. The summed E-state index contributed by atoms with van der Waals surface area (Å²) in [5.74, 6) is -0.234. The monoisotopic (exact) mass is 655 g/mol. The van der Waals surface area contributed by atoms with Crippen LogP contribution in [0.5, 0.6) is 0 Å². The minimum atomic E-state index is -0.600. The number of anilines is 1. The average molecular weight is 657 g/mol. The minimum Gasteiger partial charge on any atom is -0.393 e. The van der Waals surface area contributed by atoms with Crippen LogP contribution in [0.3, 0.4) is 0 Å². The normalized spacial score (nSPS) is 24.2.